The van der Waals surface area contributed by atoms with E-state index >= 15 is 0 Å². The van der Waals surface area contributed by atoms with E-state index in [1.807, 2.05) is 32.0 Å². The summed E-state index contributed by atoms with van der Waals surface area (Å²) < 4.78 is 7.13. The van der Waals surface area contributed by atoms with E-state index in [1.54, 1.807) is 10.6 Å². The average molecular weight is 432 g/mol. The summed E-state index contributed by atoms with van der Waals surface area (Å²) in [6.45, 7) is 5.63. The first kappa shape index (κ1) is 22.8. The summed E-state index contributed by atoms with van der Waals surface area (Å²) in [5, 5.41) is 4.10. The zero-order valence-electron chi connectivity index (χ0n) is 18.1. The van der Waals surface area contributed by atoms with Crippen molar-refractivity contribution in [2.45, 2.75) is 81.8 Å². The topological polar surface area (TPSA) is 73.2 Å². The van der Waals surface area contributed by atoms with Gasteiger partial charge in [0.15, 0.2) is 5.16 Å². The zero-order valence-corrected chi connectivity index (χ0v) is 18.9. The molecule has 0 bridgehead atoms. The van der Waals surface area contributed by atoms with Crippen molar-refractivity contribution in [1.82, 2.24) is 14.9 Å². The first-order chi connectivity index (χ1) is 14.6. The number of rotatable bonds is 9. The van der Waals surface area contributed by atoms with Gasteiger partial charge in [0.05, 0.1) is 16.2 Å². The highest BCUT2D eigenvalue weighted by atomic mass is 32.2. The third-order valence-corrected chi connectivity index (χ3v) is 6.64. The fourth-order valence-electron chi connectivity index (χ4n) is 3.86. The van der Waals surface area contributed by atoms with Crippen LogP contribution >= 0.6 is 11.8 Å². The summed E-state index contributed by atoms with van der Waals surface area (Å²) in [5.41, 5.74) is 0.610. The van der Waals surface area contributed by atoms with Crippen LogP contribution in [0.25, 0.3) is 10.9 Å². The minimum Gasteiger partial charge on any atom is -0.382 e. The summed E-state index contributed by atoms with van der Waals surface area (Å²) >= 11 is 1.36. The van der Waals surface area contributed by atoms with Crippen molar-refractivity contribution < 1.29 is 9.53 Å². The first-order valence-corrected chi connectivity index (χ1v) is 12.0. The second-order valence-corrected chi connectivity index (χ2v) is 9.18. The van der Waals surface area contributed by atoms with E-state index in [9.17, 15) is 9.59 Å². The van der Waals surface area contributed by atoms with Gasteiger partial charge in [0.2, 0.25) is 5.91 Å². The van der Waals surface area contributed by atoms with Gasteiger partial charge in [-0.1, -0.05) is 49.6 Å². The molecule has 0 aliphatic heterocycles. The molecule has 0 unspecified atom stereocenters. The molecule has 164 valence electrons. The van der Waals surface area contributed by atoms with E-state index in [1.165, 1.54) is 37.4 Å². The number of thioether (sulfide) groups is 1. The van der Waals surface area contributed by atoms with Crippen molar-refractivity contribution in [3.05, 3.63) is 34.6 Å². The van der Waals surface area contributed by atoms with Gasteiger partial charge in [0.1, 0.15) is 0 Å². The molecule has 1 fully saturated rings. The van der Waals surface area contributed by atoms with Gasteiger partial charge in [-0.15, -0.1) is 0 Å². The molecular weight excluding hydrogens is 398 g/mol. The summed E-state index contributed by atoms with van der Waals surface area (Å²) in [6, 6.07) is 7.65. The van der Waals surface area contributed by atoms with Crippen LogP contribution in [-0.4, -0.2) is 40.0 Å². The number of fused-ring (bicyclic) bond motifs is 1. The maximum Gasteiger partial charge on any atom is 0.262 e. The number of carbonyl (C=O) groups is 1. The molecular formula is C23H33N3O3S. The molecule has 7 heteroatoms. The van der Waals surface area contributed by atoms with Gasteiger partial charge in [-0.05, 0) is 45.2 Å². The predicted molar refractivity (Wildman–Crippen MR) is 122 cm³/mol. The molecule has 0 saturated heterocycles. The summed E-state index contributed by atoms with van der Waals surface area (Å²) in [4.78, 5) is 30.6. The lowest BCUT2D eigenvalue weighted by Gasteiger charge is -2.20. The van der Waals surface area contributed by atoms with Crippen molar-refractivity contribution in [3.63, 3.8) is 0 Å². The molecule has 0 spiro atoms. The van der Waals surface area contributed by atoms with Crippen LogP contribution in [0.4, 0.5) is 0 Å². The molecule has 1 aromatic carbocycles. The highest BCUT2D eigenvalue weighted by Gasteiger charge is 2.22. The smallest absolute Gasteiger partial charge is 0.262 e. The maximum atomic E-state index is 13.1. The van der Waals surface area contributed by atoms with Crippen molar-refractivity contribution in [2.24, 2.45) is 0 Å². The summed E-state index contributed by atoms with van der Waals surface area (Å²) in [7, 11) is 0. The Morgan fingerprint density at radius 3 is 2.73 bits per heavy atom. The molecule has 1 aromatic heterocycles. The van der Waals surface area contributed by atoms with Crippen molar-refractivity contribution in [2.75, 3.05) is 13.2 Å². The number of para-hydroxylation sites is 1. The Balaban J connectivity index is 1.76. The van der Waals surface area contributed by atoms with Gasteiger partial charge in [-0.25, -0.2) is 4.98 Å². The Labute approximate surface area is 182 Å². The first-order valence-electron chi connectivity index (χ1n) is 11.1. The molecule has 2 aromatic rings. The third-order valence-electron chi connectivity index (χ3n) is 5.55. The summed E-state index contributed by atoms with van der Waals surface area (Å²) in [5.74, 6) is 0.0233. The maximum absolute atomic E-state index is 13.1. The second-order valence-electron chi connectivity index (χ2n) is 7.88. The van der Waals surface area contributed by atoms with Crippen LogP contribution < -0.4 is 10.9 Å². The van der Waals surface area contributed by atoms with Crippen LogP contribution in [0.1, 0.15) is 58.8 Å². The largest absolute Gasteiger partial charge is 0.382 e. The Morgan fingerprint density at radius 2 is 2.00 bits per heavy atom. The standard InChI is InChI=1S/C23H33N3O3S/c1-3-29-16-10-15-26-22(28)19-13-8-9-14-20(19)25-23(26)30-17(2)21(27)24-18-11-6-4-5-7-12-18/h8-9,13-14,17-18H,3-7,10-12,15-16H2,1-2H3,(H,24,27)/t17-/m1/s1. The van der Waals surface area contributed by atoms with E-state index in [0.717, 1.165) is 19.3 Å². The number of amides is 1. The fraction of sp³-hybridized carbons (Fsp3) is 0.609. The molecule has 1 aliphatic carbocycles. The molecule has 1 N–H and O–H groups in total. The molecule has 3 rings (SSSR count). The number of ether oxygens (including phenoxy) is 1. The van der Waals surface area contributed by atoms with Crippen LogP contribution in [0.15, 0.2) is 34.2 Å². The number of benzene rings is 1. The van der Waals surface area contributed by atoms with Crippen LogP contribution in [0.3, 0.4) is 0 Å². The molecule has 30 heavy (non-hydrogen) atoms. The van der Waals surface area contributed by atoms with Gasteiger partial charge in [-0.3, -0.25) is 14.2 Å². The number of aromatic nitrogens is 2. The molecule has 1 amide bonds. The van der Waals surface area contributed by atoms with Crippen LogP contribution in [0, 0.1) is 0 Å². The fourth-order valence-corrected chi connectivity index (χ4v) is 4.80. The van der Waals surface area contributed by atoms with Gasteiger partial charge in [0.25, 0.3) is 5.56 Å². The van der Waals surface area contributed by atoms with E-state index in [0.29, 0.717) is 35.8 Å². The summed E-state index contributed by atoms with van der Waals surface area (Å²) in [6.07, 6.45) is 7.70. The normalized spacial score (nSPS) is 16.3. The molecule has 1 saturated carbocycles. The molecule has 1 heterocycles. The number of nitrogens with one attached hydrogen (secondary N) is 1. The van der Waals surface area contributed by atoms with Crippen LogP contribution in [-0.2, 0) is 16.1 Å². The monoisotopic (exact) mass is 431 g/mol. The Bertz CT molecular complexity index is 891. The predicted octanol–water partition coefficient (Wildman–Crippen LogP) is 4.14. The Hall–Kier alpha value is -1.86. The van der Waals surface area contributed by atoms with E-state index in [-0.39, 0.29) is 22.8 Å². The second kappa shape index (κ2) is 11.5. The highest BCUT2D eigenvalue weighted by molar-refractivity contribution is 8.00. The number of nitrogens with zero attached hydrogens (tertiary/aromatic N) is 2. The quantitative estimate of drug-likeness (QED) is 0.280. The van der Waals surface area contributed by atoms with E-state index in [4.69, 9.17) is 9.72 Å². The minimum absolute atomic E-state index is 0.0233. The van der Waals surface area contributed by atoms with Gasteiger partial charge < -0.3 is 10.1 Å². The van der Waals surface area contributed by atoms with Gasteiger partial charge >= 0.3 is 0 Å². The van der Waals surface area contributed by atoms with Crippen LogP contribution in [0.5, 0.6) is 0 Å². The van der Waals surface area contributed by atoms with Crippen LogP contribution in [0.2, 0.25) is 0 Å². The molecule has 1 atom stereocenters. The Morgan fingerprint density at radius 1 is 1.27 bits per heavy atom. The SMILES string of the molecule is CCOCCCn1c(S[C@H](C)C(=O)NC2CCCCCC2)nc2ccccc2c1=O. The van der Waals surface area contributed by atoms with E-state index in [2.05, 4.69) is 5.32 Å². The lowest BCUT2D eigenvalue weighted by Crippen LogP contribution is -2.39. The minimum atomic E-state index is -0.320. The average Bonchev–Trinajstić information content (AvgIpc) is 3.01. The van der Waals surface area contributed by atoms with Crippen molar-refractivity contribution >= 4 is 28.6 Å². The molecule has 0 radical (unpaired) electrons. The number of hydrogen-bond acceptors (Lipinski definition) is 5. The Kier molecular flexibility index (Phi) is 8.75. The van der Waals surface area contributed by atoms with Gasteiger partial charge in [-0.2, -0.15) is 0 Å². The third kappa shape index (κ3) is 6.08. The van der Waals surface area contributed by atoms with Crippen molar-refractivity contribution in [1.29, 1.82) is 0 Å². The number of hydrogen-bond donors (Lipinski definition) is 1. The molecule has 1 aliphatic rings. The number of carbonyl (C=O) groups excluding carboxylic acids is 1. The zero-order chi connectivity index (χ0) is 21.3. The van der Waals surface area contributed by atoms with E-state index < -0.39 is 0 Å². The van der Waals surface area contributed by atoms with Gasteiger partial charge in [0, 0.05) is 25.8 Å². The lowest BCUT2D eigenvalue weighted by molar-refractivity contribution is -0.121. The molecule has 6 nitrogen and oxygen atoms in total. The highest BCUT2D eigenvalue weighted by Crippen LogP contribution is 2.24. The van der Waals surface area contributed by atoms with Crippen molar-refractivity contribution in [3.8, 4) is 0 Å². The lowest BCUT2D eigenvalue weighted by atomic mass is 10.1.